The van der Waals surface area contributed by atoms with Gasteiger partial charge in [-0.05, 0) is 24.7 Å². The monoisotopic (exact) mass is 268 g/mol. The summed E-state index contributed by atoms with van der Waals surface area (Å²) >= 11 is 0. The van der Waals surface area contributed by atoms with Gasteiger partial charge in [-0.15, -0.1) is 0 Å². The zero-order chi connectivity index (χ0) is 14.1. The average molecular weight is 268 g/mol. The summed E-state index contributed by atoms with van der Waals surface area (Å²) in [6.45, 7) is 6.15. The molecular weight excluding hydrogens is 240 g/mol. The lowest BCUT2D eigenvalue weighted by atomic mass is 10.0. The van der Waals surface area contributed by atoms with Gasteiger partial charge in [0.15, 0.2) is 5.96 Å². The van der Waals surface area contributed by atoms with E-state index in [1.165, 1.54) is 25.7 Å². The van der Waals surface area contributed by atoms with Crippen LogP contribution in [0.5, 0.6) is 0 Å². The molecular formula is C14H28N4O. The van der Waals surface area contributed by atoms with Crippen molar-refractivity contribution in [3.63, 3.8) is 0 Å². The van der Waals surface area contributed by atoms with Gasteiger partial charge in [0, 0.05) is 26.1 Å². The fourth-order valence-corrected chi connectivity index (χ4v) is 2.28. The maximum Gasteiger partial charge on any atom is 0.220 e. The van der Waals surface area contributed by atoms with Crippen LogP contribution in [0.2, 0.25) is 0 Å². The number of guanidine groups is 1. The largest absolute Gasteiger partial charge is 0.370 e. The van der Waals surface area contributed by atoms with Crippen molar-refractivity contribution in [1.29, 1.82) is 0 Å². The SMILES string of the molecule is CC(C)CN=C(N)NCCNC(=O)CC1CCCC1. The van der Waals surface area contributed by atoms with E-state index < -0.39 is 0 Å². The third kappa shape index (κ3) is 7.70. The smallest absolute Gasteiger partial charge is 0.220 e. The summed E-state index contributed by atoms with van der Waals surface area (Å²) in [5, 5.41) is 5.92. The van der Waals surface area contributed by atoms with Crippen LogP contribution < -0.4 is 16.4 Å². The Kier molecular flexibility index (Phi) is 7.30. The summed E-state index contributed by atoms with van der Waals surface area (Å²) in [6, 6.07) is 0. The second-order valence-corrected chi connectivity index (χ2v) is 5.75. The van der Waals surface area contributed by atoms with E-state index in [2.05, 4.69) is 29.5 Å². The standard InChI is InChI=1S/C14H28N4O/c1-11(2)10-18-14(15)17-8-7-16-13(19)9-12-5-3-4-6-12/h11-12H,3-10H2,1-2H3,(H,16,19)(H3,15,17,18). The van der Waals surface area contributed by atoms with Gasteiger partial charge in [0.1, 0.15) is 0 Å². The van der Waals surface area contributed by atoms with Crippen LogP contribution in [0, 0.1) is 11.8 Å². The van der Waals surface area contributed by atoms with Gasteiger partial charge in [0.05, 0.1) is 0 Å². The van der Waals surface area contributed by atoms with Gasteiger partial charge in [0.25, 0.3) is 0 Å². The van der Waals surface area contributed by atoms with Crippen molar-refractivity contribution in [1.82, 2.24) is 10.6 Å². The lowest BCUT2D eigenvalue weighted by Crippen LogP contribution is -2.38. The van der Waals surface area contributed by atoms with Crippen molar-refractivity contribution >= 4 is 11.9 Å². The van der Waals surface area contributed by atoms with E-state index in [-0.39, 0.29) is 5.91 Å². The summed E-state index contributed by atoms with van der Waals surface area (Å²) in [5.41, 5.74) is 5.70. The minimum absolute atomic E-state index is 0.159. The van der Waals surface area contributed by atoms with Crippen LogP contribution >= 0.6 is 0 Å². The molecule has 0 bridgehead atoms. The molecule has 1 fully saturated rings. The van der Waals surface area contributed by atoms with Gasteiger partial charge in [-0.3, -0.25) is 9.79 Å². The van der Waals surface area contributed by atoms with E-state index in [0.717, 1.165) is 6.54 Å². The summed E-state index contributed by atoms with van der Waals surface area (Å²) in [6.07, 6.45) is 5.66. The summed E-state index contributed by atoms with van der Waals surface area (Å²) in [7, 11) is 0. The Morgan fingerprint density at radius 1 is 1.26 bits per heavy atom. The number of aliphatic imine (C=N–C) groups is 1. The number of rotatable bonds is 7. The highest BCUT2D eigenvalue weighted by Crippen LogP contribution is 2.27. The van der Waals surface area contributed by atoms with Crippen LogP contribution in [-0.2, 0) is 4.79 Å². The maximum absolute atomic E-state index is 11.7. The molecule has 1 aliphatic rings. The van der Waals surface area contributed by atoms with Crippen LogP contribution in [0.4, 0.5) is 0 Å². The van der Waals surface area contributed by atoms with Crippen LogP contribution in [0.25, 0.3) is 0 Å². The molecule has 110 valence electrons. The number of nitrogens with two attached hydrogens (primary N) is 1. The Bertz CT molecular complexity index is 296. The predicted octanol–water partition coefficient (Wildman–Crippen LogP) is 1.24. The van der Waals surface area contributed by atoms with Gasteiger partial charge in [0.2, 0.25) is 5.91 Å². The zero-order valence-corrected chi connectivity index (χ0v) is 12.2. The molecule has 0 aromatic heterocycles. The Morgan fingerprint density at radius 3 is 2.53 bits per heavy atom. The quantitative estimate of drug-likeness (QED) is 0.369. The first-order valence-corrected chi connectivity index (χ1v) is 7.38. The number of hydrogen-bond donors (Lipinski definition) is 3. The average Bonchev–Trinajstić information content (AvgIpc) is 2.85. The van der Waals surface area contributed by atoms with E-state index in [0.29, 0.717) is 37.3 Å². The van der Waals surface area contributed by atoms with Crippen LogP contribution in [-0.4, -0.2) is 31.5 Å². The lowest BCUT2D eigenvalue weighted by molar-refractivity contribution is -0.121. The van der Waals surface area contributed by atoms with E-state index in [4.69, 9.17) is 5.73 Å². The molecule has 0 spiro atoms. The highest BCUT2D eigenvalue weighted by Gasteiger charge is 2.17. The molecule has 1 rings (SSSR count). The zero-order valence-electron chi connectivity index (χ0n) is 12.2. The molecule has 0 unspecified atom stereocenters. The third-order valence-corrected chi connectivity index (χ3v) is 3.33. The highest BCUT2D eigenvalue weighted by atomic mass is 16.1. The van der Waals surface area contributed by atoms with Crippen molar-refractivity contribution in [2.45, 2.75) is 46.0 Å². The molecule has 0 radical (unpaired) electrons. The number of hydrogen-bond acceptors (Lipinski definition) is 2. The van der Waals surface area contributed by atoms with Crippen molar-refractivity contribution in [3.8, 4) is 0 Å². The molecule has 4 N–H and O–H groups in total. The Labute approximate surface area is 116 Å². The van der Waals surface area contributed by atoms with Gasteiger partial charge < -0.3 is 16.4 Å². The topological polar surface area (TPSA) is 79.5 Å². The Balaban J connectivity index is 2.03. The third-order valence-electron chi connectivity index (χ3n) is 3.33. The molecule has 0 heterocycles. The van der Waals surface area contributed by atoms with Crippen molar-refractivity contribution in [3.05, 3.63) is 0 Å². The first kappa shape index (κ1) is 15.8. The number of nitrogens with one attached hydrogen (secondary N) is 2. The van der Waals surface area contributed by atoms with Gasteiger partial charge in [-0.1, -0.05) is 26.7 Å². The van der Waals surface area contributed by atoms with Crippen LogP contribution in [0.15, 0.2) is 4.99 Å². The van der Waals surface area contributed by atoms with Crippen LogP contribution in [0.1, 0.15) is 46.0 Å². The van der Waals surface area contributed by atoms with Gasteiger partial charge in [-0.2, -0.15) is 0 Å². The molecule has 5 nitrogen and oxygen atoms in total. The molecule has 1 saturated carbocycles. The van der Waals surface area contributed by atoms with Crippen molar-refractivity contribution < 1.29 is 4.79 Å². The normalized spacial score (nSPS) is 16.9. The molecule has 1 amide bonds. The summed E-state index contributed by atoms with van der Waals surface area (Å²) in [5.74, 6) is 1.72. The molecule has 0 aromatic carbocycles. The van der Waals surface area contributed by atoms with Crippen molar-refractivity contribution in [2.75, 3.05) is 19.6 Å². The van der Waals surface area contributed by atoms with Crippen molar-refractivity contribution in [2.24, 2.45) is 22.6 Å². The molecule has 0 aliphatic heterocycles. The number of carbonyl (C=O) groups excluding carboxylic acids is 1. The molecule has 0 atom stereocenters. The van der Waals surface area contributed by atoms with Crippen LogP contribution in [0.3, 0.4) is 0 Å². The summed E-state index contributed by atoms with van der Waals surface area (Å²) < 4.78 is 0. The predicted molar refractivity (Wildman–Crippen MR) is 78.9 cm³/mol. The van der Waals surface area contributed by atoms with E-state index in [1.54, 1.807) is 0 Å². The number of amides is 1. The van der Waals surface area contributed by atoms with E-state index in [9.17, 15) is 4.79 Å². The van der Waals surface area contributed by atoms with E-state index >= 15 is 0 Å². The molecule has 19 heavy (non-hydrogen) atoms. The van der Waals surface area contributed by atoms with Gasteiger partial charge in [-0.25, -0.2) is 0 Å². The molecule has 0 saturated heterocycles. The minimum atomic E-state index is 0.159. The van der Waals surface area contributed by atoms with E-state index in [1.807, 2.05) is 0 Å². The first-order valence-electron chi connectivity index (χ1n) is 7.38. The van der Waals surface area contributed by atoms with Gasteiger partial charge >= 0.3 is 0 Å². The fourth-order valence-electron chi connectivity index (χ4n) is 2.28. The molecule has 1 aliphatic carbocycles. The lowest BCUT2D eigenvalue weighted by Gasteiger charge is -2.10. The highest BCUT2D eigenvalue weighted by molar-refractivity contribution is 5.78. The fraction of sp³-hybridized carbons (Fsp3) is 0.857. The number of nitrogens with zero attached hydrogens (tertiary/aromatic N) is 1. The summed E-state index contributed by atoms with van der Waals surface area (Å²) in [4.78, 5) is 15.9. The molecule has 5 heteroatoms. The second kappa shape index (κ2) is 8.77. The Hall–Kier alpha value is -1.26. The minimum Gasteiger partial charge on any atom is -0.370 e. The number of carbonyl (C=O) groups is 1. The maximum atomic E-state index is 11.7. The Morgan fingerprint density at radius 2 is 1.89 bits per heavy atom. The molecule has 0 aromatic rings. The first-order chi connectivity index (χ1) is 9.08. The second-order valence-electron chi connectivity index (χ2n) is 5.75.